The van der Waals surface area contributed by atoms with Gasteiger partial charge >= 0.3 is 0 Å². The minimum atomic E-state index is 0.569. The van der Waals surface area contributed by atoms with Crippen LogP contribution in [0.4, 0.5) is 0 Å². The first-order valence-electron chi connectivity index (χ1n) is 9.63. The summed E-state index contributed by atoms with van der Waals surface area (Å²) in [5, 5.41) is 16.6. The Labute approximate surface area is 159 Å². The number of rotatable bonds is 5. The van der Waals surface area contributed by atoms with Gasteiger partial charge in [-0.05, 0) is 37.3 Å². The Bertz CT molecular complexity index is 937. The maximum atomic E-state index is 4.36. The lowest BCUT2D eigenvalue weighted by atomic mass is 9.99. The number of aliphatic imine (C=N–C) groups is 1. The Kier molecular flexibility index (Phi) is 5.09. The van der Waals surface area contributed by atoms with E-state index in [2.05, 4.69) is 65.8 Å². The van der Waals surface area contributed by atoms with E-state index < -0.39 is 0 Å². The molecule has 3 heterocycles. The van der Waals surface area contributed by atoms with Crippen molar-refractivity contribution in [2.24, 2.45) is 10.9 Å². The highest BCUT2D eigenvalue weighted by Crippen LogP contribution is 2.19. The summed E-state index contributed by atoms with van der Waals surface area (Å²) in [6, 6.07) is 8.42. The van der Waals surface area contributed by atoms with Crippen molar-refractivity contribution in [3.05, 3.63) is 47.7 Å². The summed E-state index contributed by atoms with van der Waals surface area (Å²) in [5.41, 5.74) is 2.52. The number of hydrogen-bond acceptors (Lipinski definition) is 3. The molecule has 1 unspecified atom stereocenters. The Morgan fingerprint density at radius 1 is 1.30 bits per heavy atom. The summed E-state index contributed by atoms with van der Waals surface area (Å²) < 4.78 is 2.24. The van der Waals surface area contributed by atoms with Crippen molar-refractivity contribution < 1.29 is 0 Å². The first kappa shape index (κ1) is 17.6. The Balaban J connectivity index is 1.26. The molecule has 0 fully saturated rings. The monoisotopic (exact) mass is 365 g/mol. The second kappa shape index (κ2) is 7.82. The van der Waals surface area contributed by atoms with E-state index in [1.165, 1.54) is 16.5 Å². The third-order valence-electron chi connectivity index (χ3n) is 5.37. The van der Waals surface area contributed by atoms with E-state index in [9.17, 15) is 0 Å². The van der Waals surface area contributed by atoms with Crippen molar-refractivity contribution in [3.8, 4) is 0 Å². The number of aromatic nitrogens is 4. The van der Waals surface area contributed by atoms with Gasteiger partial charge in [-0.15, -0.1) is 10.2 Å². The van der Waals surface area contributed by atoms with Gasteiger partial charge in [-0.25, -0.2) is 0 Å². The molecule has 0 amide bonds. The van der Waals surface area contributed by atoms with Crippen molar-refractivity contribution >= 4 is 16.9 Å². The minimum absolute atomic E-state index is 0.569. The molecular weight excluding hydrogens is 338 g/mol. The van der Waals surface area contributed by atoms with Crippen LogP contribution in [0.2, 0.25) is 0 Å². The van der Waals surface area contributed by atoms with Crippen LogP contribution in [0.1, 0.15) is 23.6 Å². The van der Waals surface area contributed by atoms with Gasteiger partial charge in [0, 0.05) is 50.2 Å². The van der Waals surface area contributed by atoms with Crippen LogP contribution >= 0.6 is 0 Å². The molecule has 7 nitrogen and oxygen atoms in total. The number of guanidine groups is 1. The zero-order chi connectivity index (χ0) is 18.6. The van der Waals surface area contributed by atoms with Crippen LogP contribution in [0.15, 0.2) is 35.5 Å². The summed E-state index contributed by atoms with van der Waals surface area (Å²) in [5.74, 6) is 3.56. The molecule has 1 atom stereocenters. The van der Waals surface area contributed by atoms with Crippen LogP contribution in [0, 0.1) is 12.8 Å². The first-order chi connectivity index (χ1) is 13.2. The number of aromatic amines is 1. The van der Waals surface area contributed by atoms with Gasteiger partial charge in [0.05, 0.1) is 0 Å². The maximum absolute atomic E-state index is 4.36. The van der Waals surface area contributed by atoms with Crippen LogP contribution in [-0.2, 0) is 19.4 Å². The van der Waals surface area contributed by atoms with E-state index >= 15 is 0 Å². The lowest BCUT2D eigenvalue weighted by Crippen LogP contribution is -2.42. The molecule has 142 valence electrons. The highest BCUT2D eigenvalue weighted by molar-refractivity contribution is 5.83. The molecule has 0 bridgehead atoms. The van der Waals surface area contributed by atoms with Crippen molar-refractivity contribution in [1.82, 2.24) is 30.4 Å². The minimum Gasteiger partial charge on any atom is -0.361 e. The molecule has 0 saturated carbocycles. The number of H-pyrrole nitrogens is 1. The Hall–Kier alpha value is -2.83. The predicted octanol–water partition coefficient (Wildman–Crippen LogP) is 2.04. The van der Waals surface area contributed by atoms with E-state index in [1.807, 2.05) is 14.0 Å². The zero-order valence-electron chi connectivity index (χ0n) is 16.0. The Morgan fingerprint density at radius 3 is 3.07 bits per heavy atom. The van der Waals surface area contributed by atoms with Crippen LogP contribution in [0.3, 0.4) is 0 Å². The van der Waals surface area contributed by atoms with Crippen molar-refractivity contribution in [3.63, 3.8) is 0 Å². The quantitative estimate of drug-likeness (QED) is 0.477. The van der Waals surface area contributed by atoms with Gasteiger partial charge in [0.25, 0.3) is 0 Å². The van der Waals surface area contributed by atoms with Crippen molar-refractivity contribution in [1.29, 1.82) is 0 Å². The first-order valence-corrected chi connectivity index (χ1v) is 9.63. The van der Waals surface area contributed by atoms with Gasteiger partial charge in [-0.1, -0.05) is 18.2 Å². The molecule has 1 aromatic carbocycles. The van der Waals surface area contributed by atoms with Gasteiger partial charge < -0.3 is 20.2 Å². The van der Waals surface area contributed by atoms with Gasteiger partial charge in [0.2, 0.25) is 0 Å². The number of nitrogens with zero attached hydrogens (tertiary/aromatic N) is 4. The van der Waals surface area contributed by atoms with E-state index in [1.54, 1.807) is 0 Å². The van der Waals surface area contributed by atoms with Crippen LogP contribution in [-0.4, -0.2) is 45.8 Å². The molecule has 1 aliphatic rings. The second-order valence-corrected chi connectivity index (χ2v) is 7.17. The summed E-state index contributed by atoms with van der Waals surface area (Å²) in [6.45, 7) is 4.76. The van der Waals surface area contributed by atoms with E-state index in [4.69, 9.17) is 0 Å². The van der Waals surface area contributed by atoms with E-state index in [-0.39, 0.29) is 0 Å². The highest BCUT2D eigenvalue weighted by Gasteiger charge is 2.21. The summed E-state index contributed by atoms with van der Waals surface area (Å²) in [7, 11) is 1.82. The zero-order valence-corrected chi connectivity index (χ0v) is 16.0. The average molecular weight is 365 g/mol. The lowest BCUT2D eigenvalue weighted by molar-refractivity contribution is 0.358. The second-order valence-electron chi connectivity index (χ2n) is 7.17. The van der Waals surface area contributed by atoms with E-state index in [0.29, 0.717) is 5.92 Å². The van der Waals surface area contributed by atoms with Crippen molar-refractivity contribution in [2.45, 2.75) is 32.7 Å². The number of fused-ring (bicyclic) bond motifs is 2. The van der Waals surface area contributed by atoms with Crippen LogP contribution < -0.4 is 10.6 Å². The molecule has 3 aromatic rings. The lowest BCUT2D eigenvalue weighted by Gasteiger charge is -2.25. The highest BCUT2D eigenvalue weighted by atomic mass is 15.3. The fraction of sp³-hybridized carbons (Fsp3) is 0.450. The van der Waals surface area contributed by atoms with Gasteiger partial charge in [-0.2, -0.15) is 0 Å². The van der Waals surface area contributed by atoms with Crippen molar-refractivity contribution in [2.75, 3.05) is 20.1 Å². The molecule has 0 aliphatic carbocycles. The molecular formula is C20H27N7. The number of para-hydroxylation sites is 1. The topological polar surface area (TPSA) is 82.9 Å². The molecule has 2 aromatic heterocycles. The van der Waals surface area contributed by atoms with Gasteiger partial charge in [0.1, 0.15) is 11.6 Å². The molecule has 0 saturated heterocycles. The number of nitrogens with one attached hydrogen (secondary N) is 3. The molecule has 3 N–H and O–H groups in total. The average Bonchev–Trinajstić information content (AvgIpc) is 3.28. The fourth-order valence-electron chi connectivity index (χ4n) is 3.81. The molecule has 7 heteroatoms. The molecule has 4 rings (SSSR count). The normalized spacial score (nSPS) is 17.1. The number of hydrogen-bond donors (Lipinski definition) is 3. The summed E-state index contributed by atoms with van der Waals surface area (Å²) in [6.07, 6.45) is 5.19. The van der Waals surface area contributed by atoms with Crippen LogP contribution in [0.25, 0.3) is 10.9 Å². The maximum Gasteiger partial charge on any atom is 0.190 e. The van der Waals surface area contributed by atoms with Gasteiger partial charge in [0.15, 0.2) is 5.96 Å². The fourth-order valence-corrected chi connectivity index (χ4v) is 3.81. The molecule has 1 aliphatic heterocycles. The third kappa shape index (κ3) is 3.82. The smallest absolute Gasteiger partial charge is 0.190 e. The summed E-state index contributed by atoms with van der Waals surface area (Å²) in [4.78, 5) is 7.69. The SMILES string of the molecule is CN=C(NCCc1c[nH]c2ccccc12)NCC1CCc2nnc(C)n2C1. The number of benzene rings is 1. The Morgan fingerprint density at radius 2 is 2.19 bits per heavy atom. The predicted molar refractivity (Wildman–Crippen MR) is 108 cm³/mol. The molecule has 27 heavy (non-hydrogen) atoms. The molecule has 0 radical (unpaired) electrons. The standard InChI is InChI=1S/C20H27N7/c1-14-25-26-19-8-7-15(13-27(14)19)11-24-20(21-2)22-10-9-16-12-23-18-6-4-3-5-17(16)18/h3-6,12,15,23H,7-11,13H2,1-2H3,(H2,21,22,24). The molecule has 0 spiro atoms. The third-order valence-corrected chi connectivity index (χ3v) is 5.37. The number of aryl methyl sites for hydroxylation is 2. The van der Waals surface area contributed by atoms with Crippen LogP contribution in [0.5, 0.6) is 0 Å². The van der Waals surface area contributed by atoms with E-state index in [0.717, 1.165) is 56.5 Å². The summed E-state index contributed by atoms with van der Waals surface area (Å²) >= 11 is 0. The largest absolute Gasteiger partial charge is 0.361 e. The van der Waals surface area contributed by atoms with Gasteiger partial charge in [-0.3, -0.25) is 4.99 Å².